The third kappa shape index (κ3) is 7.59. The van der Waals surface area contributed by atoms with Crippen LogP contribution in [0.2, 0.25) is 0 Å². The molecule has 7 heteroatoms. The minimum Gasteiger partial charge on any atom is -0.493 e. The van der Waals surface area contributed by atoms with Gasteiger partial charge in [0.15, 0.2) is 17.5 Å². The molecule has 2 aromatic rings. The van der Waals surface area contributed by atoms with Gasteiger partial charge in [-0.05, 0) is 49.6 Å². The van der Waals surface area contributed by atoms with Crippen LogP contribution in [0.1, 0.15) is 25.3 Å². The van der Waals surface area contributed by atoms with Gasteiger partial charge in [0.05, 0.1) is 27.9 Å². The average Bonchev–Trinajstić information content (AvgIpc) is 2.81. The molecule has 0 aromatic heterocycles. The Bertz CT molecular complexity index is 787. The fourth-order valence-electron chi connectivity index (χ4n) is 3.23. The number of nitrogens with one attached hydrogen (secondary N) is 2. The van der Waals surface area contributed by atoms with Gasteiger partial charge in [0.2, 0.25) is 5.75 Å². The van der Waals surface area contributed by atoms with Gasteiger partial charge in [-0.15, -0.1) is 0 Å². The Morgan fingerprint density at radius 3 is 2.19 bits per heavy atom. The molecule has 0 saturated carbocycles. The highest BCUT2D eigenvalue weighted by Crippen LogP contribution is 2.38. The first-order valence-electron chi connectivity index (χ1n) is 10.7. The highest BCUT2D eigenvalue weighted by molar-refractivity contribution is 5.79. The van der Waals surface area contributed by atoms with E-state index < -0.39 is 0 Å². The molecule has 31 heavy (non-hydrogen) atoms. The maximum absolute atomic E-state index is 5.43. The van der Waals surface area contributed by atoms with E-state index in [0.717, 1.165) is 44.0 Å². The Kier molecular flexibility index (Phi) is 10.3. The van der Waals surface area contributed by atoms with E-state index in [0.29, 0.717) is 23.8 Å². The summed E-state index contributed by atoms with van der Waals surface area (Å²) in [6, 6.07) is 14.3. The van der Waals surface area contributed by atoms with E-state index in [9.17, 15) is 0 Å². The predicted molar refractivity (Wildman–Crippen MR) is 128 cm³/mol. The van der Waals surface area contributed by atoms with Crippen LogP contribution in [0.4, 0.5) is 5.69 Å². The van der Waals surface area contributed by atoms with Gasteiger partial charge >= 0.3 is 0 Å². The number of para-hydroxylation sites is 1. The molecule has 2 rings (SSSR count). The zero-order valence-corrected chi connectivity index (χ0v) is 19.4. The van der Waals surface area contributed by atoms with Gasteiger partial charge < -0.3 is 29.7 Å². The van der Waals surface area contributed by atoms with Crippen LogP contribution in [0, 0.1) is 0 Å². The number of benzene rings is 2. The molecule has 0 aliphatic rings. The minimum absolute atomic E-state index is 0.503. The fraction of sp³-hybridized carbons (Fsp3) is 0.458. The molecule has 2 aromatic carbocycles. The molecule has 0 heterocycles. The van der Waals surface area contributed by atoms with Crippen molar-refractivity contribution in [2.75, 3.05) is 52.9 Å². The van der Waals surface area contributed by atoms with E-state index in [1.807, 2.05) is 18.2 Å². The molecule has 7 nitrogen and oxygen atoms in total. The van der Waals surface area contributed by atoms with Crippen molar-refractivity contribution < 1.29 is 14.2 Å². The highest BCUT2D eigenvalue weighted by atomic mass is 16.5. The monoisotopic (exact) mass is 428 g/mol. The van der Waals surface area contributed by atoms with E-state index in [-0.39, 0.29) is 0 Å². The van der Waals surface area contributed by atoms with Crippen molar-refractivity contribution in [1.82, 2.24) is 10.6 Å². The molecular weight excluding hydrogens is 392 g/mol. The van der Waals surface area contributed by atoms with Crippen LogP contribution in [0.3, 0.4) is 0 Å². The minimum atomic E-state index is 0.503. The summed E-state index contributed by atoms with van der Waals surface area (Å²) in [5.41, 5.74) is 2.23. The third-order valence-corrected chi connectivity index (χ3v) is 4.90. The van der Waals surface area contributed by atoms with Gasteiger partial charge in [0.1, 0.15) is 0 Å². The number of ether oxygens (including phenoxy) is 3. The summed E-state index contributed by atoms with van der Waals surface area (Å²) in [5, 5.41) is 6.72. The molecule has 0 aliphatic heterocycles. The van der Waals surface area contributed by atoms with Crippen molar-refractivity contribution in [3.63, 3.8) is 0 Å². The number of rotatable bonds is 12. The predicted octanol–water partition coefficient (Wildman–Crippen LogP) is 3.68. The lowest BCUT2D eigenvalue weighted by Crippen LogP contribution is -2.38. The molecule has 0 spiro atoms. The van der Waals surface area contributed by atoms with E-state index in [1.54, 1.807) is 21.3 Å². The van der Waals surface area contributed by atoms with Crippen molar-refractivity contribution in [1.29, 1.82) is 0 Å². The van der Waals surface area contributed by atoms with Crippen molar-refractivity contribution in [2.45, 2.75) is 26.3 Å². The standard InChI is InChI=1S/C24H36N4O3/c1-6-25-24(26-14-10-11-15-28(2)20-12-8-7-9-13-20)27-18-19-16-21(29-3)23(31-5)22(17-19)30-4/h7-9,12-13,16-17H,6,10-11,14-15,18H2,1-5H3,(H2,25,26,27). The number of hydrogen-bond acceptors (Lipinski definition) is 5. The lowest BCUT2D eigenvalue weighted by molar-refractivity contribution is 0.324. The van der Waals surface area contributed by atoms with Gasteiger partial charge in [0.25, 0.3) is 0 Å². The van der Waals surface area contributed by atoms with Gasteiger partial charge in [-0.1, -0.05) is 18.2 Å². The Balaban J connectivity index is 1.87. The maximum atomic E-state index is 5.43. The number of unbranched alkanes of at least 4 members (excludes halogenated alkanes) is 1. The molecule has 0 amide bonds. The molecular formula is C24H36N4O3. The van der Waals surface area contributed by atoms with E-state index in [4.69, 9.17) is 19.2 Å². The van der Waals surface area contributed by atoms with Crippen molar-refractivity contribution >= 4 is 11.6 Å². The van der Waals surface area contributed by atoms with Crippen LogP contribution in [-0.2, 0) is 6.54 Å². The Labute approximate surface area is 186 Å². The number of aliphatic imine (C=N–C) groups is 1. The number of hydrogen-bond donors (Lipinski definition) is 2. The summed E-state index contributed by atoms with van der Waals surface area (Å²) in [7, 11) is 6.96. The fourth-order valence-corrected chi connectivity index (χ4v) is 3.23. The third-order valence-electron chi connectivity index (χ3n) is 4.90. The number of anilines is 1. The first-order chi connectivity index (χ1) is 15.1. The smallest absolute Gasteiger partial charge is 0.203 e. The molecule has 0 unspecified atom stereocenters. The molecule has 2 N–H and O–H groups in total. The normalized spacial score (nSPS) is 11.1. The van der Waals surface area contributed by atoms with Crippen LogP contribution < -0.4 is 29.7 Å². The number of methoxy groups -OCH3 is 3. The zero-order valence-electron chi connectivity index (χ0n) is 19.4. The van der Waals surface area contributed by atoms with Gasteiger partial charge in [0, 0.05) is 32.4 Å². The first-order valence-corrected chi connectivity index (χ1v) is 10.7. The van der Waals surface area contributed by atoms with Crippen LogP contribution >= 0.6 is 0 Å². The van der Waals surface area contributed by atoms with E-state index >= 15 is 0 Å². The van der Waals surface area contributed by atoms with Gasteiger partial charge in [-0.3, -0.25) is 0 Å². The second-order valence-electron chi connectivity index (χ2n) is 7.12. The summed E-state index contributed by atoms with van der Waals surface area (Å²) in [6.45, 7) is 5.25. The van der Waals surface area contributed by atoms with E-state index in [1.165, 1.54) is 5.69 Å². The van der Waals surface area contributed by atoms with Crippen LogP contribution in [-0.4, -0.2) is 54.0 Å². The van der Waals surface area contributed by atoms with Crippen molar-refractivity contribution in [3.8, 4) is 17.2 Å². The van der Waals surface area contributed by atoms with Crippen LogP contribution in [0.5, 0.6) is 17.2 Å². The SMILES string of the molecule is CCNC(=NCc1cc(OC)c(OC)c(OC)c1)NCCCCN(C)c1ccccc1. The Morgan fingerprint density at radius 2 is 1.61 bits per heavy atom. The number of nitrogens with zero attached hydrogens (tertiary/aromatic N) is 2. The van der Waals surface area contributed by atoms with Crippen LogP contribution in [0.25, 0.3) is 0 Å². The van der Waals surface area contributed by atoms with Crippen molar-refractivity contribution in [2.24, 2.45) is 4.99 Å². The lowest BCUT2D eigenvalue weighted by atomic mass is 10.2. The number of guanidine groups is 1. The molecule has 0 atom stereocenters. The second kappa shape index (κ2) is 13.3. The molecule has 170 valence electrons. The lowest BCUT2D eigenvalue weighted by Gasteiger charge is -2.19. The Morgan fingerprint density at radius 1 is 0.935 bits per heavy atom. The Hall–Kier alpha value is -3.09. The molecule has 0 radical (unpaired) electrons. The zero-order chi connectivity index (χ0) is 22.5. The molecule has 0 fully saturated rings. The first kappa shape index (κ1) is 24.2. The summed E-state index contributed by atoms with van der Waals surface area (Å²) >= 11 is 0. The summed E-state index contributed by atoms with van der Waals surface area (Å²) in [6.07, 6.45) is 2.16. The summed E-state index contributed by atoms with van der Waals surface area (Å²) < 4.78 is 16.2. The topological polar surface area (TPSA) is 67.4 Å². The summed E-state index contributed by atoms with van der Waals surface area (Å²) in [5.74, 6) is 2.65. The molecule has 0 aliphatic carbocycles. The quantitative estimate of drug-likeness (QED) is 0.305. The average molecular weight is 429 g/mol. The van der Waals surface area contributed by atoms with Crippen molar-refractivity contribution in [3.05, 3.63) is 48.0 Å². The van der Waals surface area contributed by atoms with Gasteiger partial charge in [-0.25, -0.2) is 4.99 Å². The highest BCUT2D eigenvalue weighted by Gasteiger charge is 2.13. The largest absolute Gasteiger partial charge is 0.493 e. The van der Waals surface area contributed by atoms with Crippen LogP contribution in [0.15, 0.2) is 47.5 Å². The molecule has 0 bridgehead atoms. The second-order valence-corrected chi connectivity index (χ2v) is 7.12. The van der Waals surface area contributed by atoms with E-state index in [2.05, 4.69) is 53.8 Å². The summed E-state index contributed by atoms with van der Waals surface area (Å²) in [4.78, 5) is 6.98. The molecule has 0 saturated heterocycles. The van der Waals surface area contributed by atoms with Gasteiger partial charge in [-0.2, -0.15) is 0 Å². The maximum Gasteiger partial charge on any atom is 0.203 e.